The summed E-state index contributed by atoms with van der Waals surface area (Å²) in [6, 6.07) is 4.64. The number of piperidine rings is 1. The molecule has 3 rings (SSSR count). The highest BCUT2D eigenvalue weighted by Gasteiger charge is 2.35. The number of halogens is 1. The van der Waals surface area contributed by atoms with Gasteiger partial charge in [0.1, 0.15) is 10.6 Å². The maximum atomic E-state index is 13.2. The molecule has 0 bridgehead atoms. The summed E-state index contributed by atoms with van der Waals surface area (Å²) in [5, 5.41) is 0.350. The first-order valence-corrected chi connectivity index (χ1v) is 12.1. The Bertz CT molecular complexity index is 817. The van der Waals surface area contributed by atoms with Crippen molar-refractivity contribution in [3.05, 3.63) is 23.2 Å². The van der Waals surface area contributed by atoms with Crippen LogP contribution in [0.3, 0.4) is 0 Å². The molecule has 0 radical (unpaired) electrons. The molecule has 0 aliphatic carbocycles. The fourth-order valence-corrected chi connectivity index (χ4v) is 5.85. The second-order valence-electron chi connectivity index (χ2n) is 7.46. The number of likely N-dealkylation sites (N-methyl/N-ethyl adjacent to an activating group) is 1. The number of carbonyl (C=O) groups excluding carboxylic acids is 1. The van der Waals surface area contributed by atoms with E-state index in [0.29, 0.717) is 43.3 Å². The van der Waals surface area contributed by atoms with E-state index in [-0.39, 0.29) is 16.7 Å². The Hall–Kier alpha value is -1.35. The molecule has 1 aromatic rings. The molecule has 162 valence electrons. The molecule has 0 N–H and O–H groups in total. The molecule has 2 aliphatic rings. The summed E-state index contributed by atoms with van der Waals surface area (Å²) in [5.74, 6) is 0.361. The van der Waals surface area contributed by atoms with Gasteiger partial charge in [0.05, 0.1) is 6.61 Å². The van der Waals surface area contributed by atoms with Crippen LogP contribution in [0.25, 0.3) is 0 Å². The Morgan fingerprint density at radius 3 is 2.34 bits per heavy atom. The summed E-state index contributed by atoms with van der Waals surface area (Å²) in [6.45, 7) is 9.29. The third-order valence-electron chi connectivity index (χ3n) is 5.76. The van der Waals surface area contributed by atoms with Gasteiger partial charge in [-0.05, 0) is 44.5 Å². The minimum atomic E-state index is -3.73. The molecular weight excluding hydrogens is 414 g/mol. The van der Waals surface area contributed by atoms with E-state index in [2.05, 4.69) is 11.8 Å². The van der Waals surface area contributed by atoms with Crippen molar-refractivity contribution in [1.82, 2.24) is 14.1 Å². The molecule has 0 saturated carbocycles. The monoisotopic (exact) mass is 443 g/mol. The van der Waals surface area contributed by atoms with Gasteiger partial charge >= 0.3 is 0 Å². The molecule has 2 heterocycles. The quantitative estimate of drug-likeness (QED) is 0.674. The zero-order chi connectivity index (χ0) is 21.0. The lowest BCUT2D eigenvalue weighted by atomic mass is 9.96. The normalized spacial score (nSPS) is 20.0. The molecular formula is C20H30ClN3O4S. The summed E-state index contributed by atoms with van der Waals surface area (Å²) in [5.41, 5.74) is 0. The Morgan fingerprint density at radius 1 is 1.10 bits per heavy atom. The highest BCUT2D eigenvalue weighted by atomic mass is 35.5. The lowest BCUT2D eigenvalue weighted by molar-refractivity contribution is -0.138. The third kappa shape index (κ3) is 5.05. The van der Waals surface area contributed by atoms with Crippen LogP contribution in [-0.2, 0) is 14.8 Å². The van der Waals surface area contributed by atoms with Gasteiger partial charge in [-0.25, -0.2) is 8.42 Å². The molecule has 2 saturated heterocycles. The van der Waals surface area contributed by atoms with E-state index in [0.717, 1.165) is 32.7 Å². The van der Waals surface area contributed by atoms with Crippen molar-refractivity contribution in [2.45, 2.75) is 31.6 Å². The highest BCUT2D eigenvalue weighted by Crippen LogP contribution is 2.32. The van der Waals surface area contributed by atoms with E-state index in [1.165, 1.54) is 10.4 Å². The van der Waals surface area contributed by atoms with Crippen LogP contribution in [0, 0.1) is 5.92 Å². The largest absolute Gasteiger partial charge is 0.492 e. The summed E-state index contributed by atoms with van der Waals surface area (Å²) >= 11 is 6.04. The maximum Gasteiger partial charge on any atom is 0.246 e. The van der Waals surface area contributed by atoms with Crippen LogP contribution in [0.15, 0.2) is 23.1 Å². The van der Waals surface area contributed by atoms with Crippen LogP contribution in [0.1, 0.15) is 26.7 Å². The predicted octanol–water partition coefficient (Wildman–Crippen LogP) is 2.30. The zero-order valence-electron chi connectivity index (χ0n) is 17.1. The Labute approximate surface area is 178 Å². The Morgan fingerprint density at radius 2 is 1.76 bits per heavy atom. The maximum absolute atomic E-state index is 13.2. The predicted molar refractivity (Wildman–Crippen MR) is 113 cm³/mol. The second-order valence-corrected chi connectivity index (χ2v) is 9.80. The Kier molecular flexibility index (Phi) is 7.42. The molecule has 9 heteroatoms. The lowest BCUT2D eigenvalue weighted by Crippen LogP contribution is -2.51. The number of nitrogens with zero attached hydrogens (tertiary/aromatic N) is 3. The van der Waals surface area contributed by atoms with E-state index >= 15 is 0 Å². The van der Waals surface area contributed by atoms with Gasteiger partial charge in [-0.2, -0.15) is 4.31 Å². The first kappa shape index (κ1) is 22.3. The van der Waals surface area contributed by atoms with Gasteiger partial charge in [0.25, 0.3) is 0 Å². The number of piperazine rings is 1. The van der Waals surface area contributed by atoms with E-state index in [1.54, 1.807) is 12.1 Å². The molecule has 1 aromatic carbocycles. The van der Waals surface area contributed by atoms with E-state index in [1.807, 2.05) is 11.8 Å². The van der Waals surface area contributed by atoms with Gasteiger partial charge < -0.3 is 14.5 Å². The number of amides is 1. The highest BCUT2D eigenvalue weighted by molar-refractivity contribution is 7.89. The first-order valence-electron chi connectivity index (χ1n) is 10.3. The summed E-state index contributed by atoms with van der Waals surface area (Å²) in [7, 11) is -3.73. The average Bonchev–Trinajstić information content (AvgIpc) is 2.74. The van der Waals surface area contributed by atoms with Crippen molar-refractivity contribution in [2.24, 2.45) is 5.92 Å². The van der Waals surface area contributed by atoms with E-state index in [4.69, 9.17) is 16.3 Å². The minimum absolute atomic E-state index is 0.0901. The smallest absolute Gasteiger partial charge is 0.246 e. The number of benzene rings is 1. The number of rotatable bonds is 6. The average molecular weight is 444 g/mol. The van der Waals surface area contributed by atoms with Crippen molar-refractivity contribution in [3.63, 3.8) is 0 Å². The SMILES string of the molecule is CCOc1ccc(Cl)cc1S(=O)(=O)N1CCC(C(=O)N2CCN(CC)CC2)CC1. The van der Waals surface area contributed by atoms with E-state index < -0.39 is 10.0 Å². The molecule has 29 heavy (non-hydrogen) atoms. The molecule has 2 fully saturated rings. The van der Waals surface area contributed by atoms with Gasteiger partial charge in [0.15, 0.2) is 0 Å². The minimum Gasteiger partial charge on any atom is -0.492 e. The third-order valence-corrected chi connectivity index (χ3v) is 7.91. The Balaban J connectivity index is 1.64. The van der Waals surface area contributed by atoms with Gasteiger partial charge in [-0.1, -0.05) is 18.5 Å². The van der Waals surface area contributed by atoms with Gasteiger partial charge in [-0.3, -0.25) is 4.79 Å². The number of sulfonamides is 1. The summed E-state index contributed by atoms with van der Waals surface area (Å²) < 4.78 is 33.3. The summed E-state index contributed by atoms with van der Waals surface area (Å²) in [6.07, 6.45) is 1.08. The van der Waals surface area contributed by atoms with Gasteiger partial charge in [0.2, 0.25) is 15.9 Å². The topological polar surface area (TPSA) is 70.2 Å². The molecule has 0 unspecified atom stereocenters. The van der Waals surface area contributed by atoms with Gasteiger partial charge in [-0.15, -0.1) is 0 Å². The fourth-order valence-electron chi connectivity index (χ4n) is 3.98. The van der Waals surface area contributed by atoms with Crippen molar-refractivity contribution in [2.75, 3.05) is 52.4 Å². The number of carbonyl (C=O) groups is 1. The molecule has 0 aromatic heterocycles. The van der Waals surface area contributed by atoms with Crippen molar-refractivity contribution < 1.29 is 17.9 Å². The van der Waals surface area contributed by atoms with Crippen molar-refractivity contribution in [3.8, 4) is 5.75 Å². The molecule has 7 nitrogen and oxygen atoms in total. The van der Waals surface area contributed by atoms with Crippen LogP contribution in [-0.4, -0.2) is 80.9 Å². The van der Waals surface area contributed by atoms with Crippen molar-refractivity contribution in [1.29, 1.82) is 0 Å². The number of hydrogen-bond donors (Lipinski definition) is 0. The standard InChI is InChI=1S/C20H30ClN3O4S/c1-3-22-11-13-23(14-12-22)20(25)16-7-9-24(10-8-16)29(26,27)19-15-17(21)5-6-18(19)28-4-2/h5-6,15-16H,3-4,7-14H2,1-2H3. The second kappa shape index (κ2) is 9.64. The van der Waals surface area contributed by atoms with Gasteiger partial charge in [0, 0.05) is 50.2 Å². The van der Waals surface area contributed by atoms with Crippen LogP contribution in [0.2, 0.25) is 5.02 Å². The van der Waals surface area contributed by atoms with Crippen molar-refractivity contribution >= 4 is 27.5 Å². The lowest BCUT2D eigenvalue weighted by Gasteiger charge is -2.38. The van der Waals surface area contributed by atoms with Crippen LogP contribution in [0.4, 0.5) is 0 Å². The summed E-state index contributed by atoms with van der Waals surface area (Å²) in [4.78, 5) is 17.2. The number of hydrogen-bond acceptors (Lipinski definition) is 5. The molecule has 2 aliphatic heterocycles. The zero-order valence-corrected chi connectivity index (χ0v) is 18.7. The first-order chi connectivity index (χ1) is 13.9. The molecule has 1 amide bonds. The van der Waals surface area contributed by atoms with E-state index in [9.17, 15) is 13.2 Å². The van der Waals surface area contributed by atoms with Crippen LogP contribution >= 0.6 is 11.6 Å². The molecule has 0 atom stereocenters. The van der Waals surface area contributed by atoms with Crippen LogP contribution in [0.5, 0.6) is 5.75 Å². The van der Waals surface area contributed by atoms with Crippen LogP contribution < -0.4 is 4.74 Å². The fraction of sp³-hybridized carbons (Fsp3) is 0.650. The number of ether oxygens (including phenoxy) is 1. The molecule has 0 spiro atoms.